The van der Waals surface area contributed by atoms with Gasteiger partial charge in [0.2, 0.25) is 11.8 Å². The third-order valence-corrected chi connectivity index (χ3v) is 6.52. The van der Waals surface area contributed by atoms with E-state index in [2.05, 4.69) is 10.6 Å². The number of nitrogens with one attached hydrogen (secondary N) is 2. The molecule has 0 radical (unpaired) electrons. The number of fused-ring (bicyclic) bond motifs is 1. The molecule has 4 rings (SSSR count). The maximum atomic E-state index is 12.8. The molecule has 4 amide bonds. The Balaban J connectivity index is 1.49. The summed E-state index contributed by atoms with van der Waals surface area (Å²) in [4.78, 5) is 50.9. The Bertz CT molecular complexity index is 819. The minimum atomic E-state index is -0.917. The number of hydrogen-bond acceptors (Lipinski definition) is 6. The van der Waals surface area contributed by atoms with Gasteiger partial charge in [-0.2, -0.15) is 0 Å². The molecule has 3 aliphatic heterocycles. The molecule has 2 unspecified atom stereocenters. The fraction of sp³-hybridized carbons (Fsp3) is 0.474. The van der Waals surface area contributed by atoms with E-state index in [0.29, 0.717) is 17.0 Å². The second kappa shape index (κ2) is 7.44. The number of rotatable bonds is 4. The van der Waals surface area contributed by atoms with E-state index in [9.17, 15) is 19.2 Å². The van der Waals surface area contributed by atoms with Crippen molar-refractivity contribution >= 4 is 35.4 Å². The number of amides is 4. The lowest BCUT2D eigenvalue weighted by Gasteiger charge is -2.27. The van der Waals surface area contributed by atoms with E-state index in [-0.39, 0.29) is 18.7 Å². The molecule has 0 saturated carbocycles. The van der Waals surface area contributed by atoms with Crippen LogP contribution in [0, 0.1) is 5.92 Å². The van der Waals surface area contributed by atoms with E-state index in [4.69, 9.17) is 0 Å². The average Bonchev–Trinajstić information content (AvgIpc) is 2.92. The molecule has 3 heterocycles. The summed E-state index contributed by atoms with van der Waals surface area (Å²) >= 11 is 1.69. The first-order valence-corrected chi connectivity index (χ1v) is 10.2. The molecule has 7 nitrogen and oxygen atoms in total. The van der Waals surface area contributed by atoms with Crippen LogP contribution >= 0.6 is 11.8 Å². The summed E-state index contributed by atoms with van der Waals surface area (Å²) in [7, 11) is 0. The lowest BCUT2D eigenvalue weighted by molar-refractivity contribution is -0.136. The molecular formula is C19H21N3O4S. The van der Waals surface area contributed by atoms with Gasteiger partial charge in [0.15, 0.2) is 0 Å². The molecule has 1 aromatic rings. The van der Waals surface area contributed by atoms with Gasteiger partial charge in [0.25, 0.3) is 11.8 Å². The van der Waals surface area contributed by atoms with E-state index < -0.39 is 23.8 Å². The molecule has 0 aromatic heterocycles. The highest BCUT2D eigenvalue weighted by Gasteiger charge is 2.44. The molecule has 2 saturated heterocycles. The fourth-order valence-corrected chi connectivity index (χ4v) is 4.90. The van der Waals surface area contributed by atoms with Crippen molar-refractivity contribution < 1.29 is 19.2 Å². The summed E-state index contributed by atoms with van der Waals surface area (Å²) < 4.78 is 0. The summed E-state index contributed by atoms with van der Waals surface area (Å²) in [5.41, 5.74) is 0.671. The monoisotopic (exact) mass is 387 g/mol. The number of carbonyl (C=O) groups excluding carboxylic acids is 4. The smallest absolute Gasteiger partial charge is 0.262 e. The number of carbonyl (C=O) groups is 4. The zero-order valence-electron chi connectivity index (χ0n) is 14.8. The van der Waals surface area contributed by atoms with Crippen molar-refractivity contribution in [2.45, 2.75) is 36.6 Å². The lowest BCUT2D eigenvalue weighted by Crippen LogP contribution is -2.54. The van der Waals surface area contributed by atoms with E-state index in [0.717, 1.165) is 28.6 Å². The van der Waals surface area contributed by atoms with Crippen LogP contribution < -0.4 is 10.6 Å². The van der Waals surface area contributed by atoms with Gasteiger partial charge in [0.05, 0.1) is 11.1 Å². The Morgan fingerprint density at radius 2 is 1.89 bits per heavy atom. The zero-order valence-corrected chi connectivity index (χ0v) is 15.6. The van der Waals surface area contributed by atoms with Crippen LogP contribution in [0.5, 0.6) is 0 Å². The van der Waals surface area contributed by atoms with Crippen LogP contribution in [-0.4, -0.2) is 53.4 Å². The molecule has 2 atom stereocenters. The van der Waals surface area contributed by atoms with E-state index in [1.54, 1.807) is 23.9 Å². The van der Waals surface area contributed by atoms with Crippen molar-refractivity contribution in [3.05, 3.63) is 29.3 Å². The van der Waals surface area contributed by atoms with Crippen LogP contribution in [0.2, 0.25) is 0 Å². The second-order valence-electron chi connectivity index (χ2n) is 7.18. The Morgan fingerprint density at radius 1 is 1.07 bits per heavy atom. The molecule has 0 spiro atoms. The summed E-state index contributed by atoms with van der Waals surface area (Å²) in [5.74, 6) is -0.299. The molecule has 8 heteroatoms. The summed E-state index contributed by atoms with van der Waals surface area (Å²) in [6, 6.07) is 4.36. The first-order valence-electron chi connectivity index (χ1n) is 9.24. The van der Waals surface area contributed by atoms with E-state index in [1.165, 1.54) is 12.8 Å². The van der Waals surface area contributed by atoms with Crippen LogP contribution in [0.3, 0.4) is 0 Å². The van der Waals surface area contributed by atoms with Gasteiger partial charge in [-0.3, -0.25) is 29.4 Å². The van der Waals surface area contributed by atoms with E-state index in [1.807, 2.05) is 6.07 Å². The van der Waals surface area contributed by atoms with Gasteiger partial charge >= 0.3 is 0 Å². The molecular weight excluding hydrogens is 366 g/mol. The minimum Gasteiger partial charge on any atom is -0.316 e. The van der Waals surface area contributed by atoms with Gasteiger partial charge in [-0.1, -0.05) is 0 Å². The maximum absolute atomic E-state index is 12.8. The highest BCUT2D eigenvalue weighted by molar-refractivity contribution is 7.99. The quantitative estimate of drug-likeness (QED) is 0.595. The number of piperidine rings is 2. The van der Waals surface area contributed by atoms with Crippen LogP contribution in [0.25, 0.3) is 0 Å². The van der Waals surface area contributed by atoms with Crippen molar-refractivity contribution in [3.8, 4) is 0 Å². The van der Waals surface area contributed by atoms with Crippen molar-refractivity contribution in [1.29, 1.82) is 0 Å². The molecule has 3 aliphatic rings. The number of thioether (sulfide) groups is 1. The SMILES string of the molecule is O=C1CCC(N2C(=O)c3ccc(SCC4CCCNC4)cc3C2=O)C(=O)N1. The summed E-state index contributed by atoms with van der Waals surface area (Å²) in [6.07, 6.45) is 2.68. The van der Waals surface area contributed by atoms with Crippen molar-refractivity contribution in [3.63, 3.8) is 0 Å². The molecule has 142 valence electrons. The number of nitrogens with zero attached hydrogens (tertiary/aromatic N) is 1. The van der Waals surface area contributed by atoms with Gasteiger partial charge in [-0.05, 0) is 56.5 Å². The molecule has 0 aliphatic carbocycles. The second-order valence-corrected chi connectivity index (χ2v) is 8.27. The zero-order chi connectivity index (χ0) is 19.0. The molecule has 2 fully saturated rings. The standard InChI is InChI=1S/C19H21N3O4S/c23-16-6-5-15(17(24)21-16)22-18(25)13-4-3-12(8-14(13)19(22)26)27-10-11-2-1-7-20-9-11/h3-4,8,11,15,20H,1-2,5-7,9-10H2,(H,21,23,24). The van der Waals surface area contributed by atoms with Crippen molar-refractivity contribution in [1.82, 2.24) is 15.5 Å². The van der Waals surface area contributed by atoms with Crippen molar-refractivity contribution in [2.75, 3.05) is 18.8 Å². The number of benzene rings is 1. The largest absolute Gasteiger partial charge is 0.316 e. The first kappa shape index (κ1) is 18.2. The molecule has 0 bridgehead atoms. The van der Waals surface area contributed by atoms with E-state index >= 15 is 0 Å². The summed E-state index contributed by atoms with van der Waals surface area (Å²) in [5, 5.41) is 5.60. The number of imide groups is 2. The predicted molar refractivity (Wildman–Crippen MR) is 99.4 cm³/mol. The normalized spacial score (nSPS) is 25.6. The van der Waals surface area contributed by atoms with Crippen LogP contribution in [0.1, 0.15) is 46.4 Å². The maximum Gasteiger partial charge on any atom is 0.262 e. The molecule has 1 aromatic carbocycles. The number of hydrogen-bond donors (Lipinski definition) is 2. The topological polar surface area (TPSA) is 95.6 Å². The van der Waals surface area contributed by atoms with Crippen LogP contribution in [0.15, 0.2) is 23.1 Å². The van der Waals surface area contributed by atoms with Gasteiger partial charge in [0.1, 0.15) is 6.04 Å². The Hall–Kier alpha value is -2.19. The lowest BCUT2D eigenvalue weighted by atomic mass is 10.0. The van der Waals surface area contributed by atoms with Gasteiger partial charge in [-0.15, -0.1) is 11.8 Å². The third kappa shape index (κ3) is 3.51. The van der Waals surface area contributed by atoms with Crippen molar-refractivity contribution in [2.24, 2.45) is 5.92 Å². The highest BCUT2D eigenvalue weighted by atomic mass is 32.2. The molecule has 2 N–H and O–H groups in total. The highest BCUT2D eigenvalue weighted by Crippen LogP contribution is 2.32. The van der Waals surface area contributed by atoms with Gasteiger partial charge in [0, 0.05) is 17.1 Å². The minimum absolute atomic E-state index is 0.125. The Morgan fingerprint density at radius 3 is 2.63 bits per heavy atom. The van der Waals surface area contributed by atoms with Crippen LogP contribution in [0.4, 0.5) is 0 Å². The van der Waals surface area contributed by atoms with Crippen LogP contribution in [-0.2, 0) is 9.59 Å². The van der Waals surface area contributed by atoms with Gasteiger partial charge in [-0.25, -0.2) is 0 Å². The summed E-state index contributed by atoms with van der Waals surface area (Å²) in [6.45, 7) is 2.09. The third-order valence-electron chi connectivity index (χ3n) is 5.30. The molecule has 27 heavy (non-hydrogen) atoms. The fourth-order valence-electron chi connectivity index (χ4n) is 3.82. The van der Waals surface area contributed by atoms with Gasteiger partial charge < -0.3 is 5.32 Å². The first-order chi connectivity index (χ1) is 13.0. The predicted octanol–water partition coefficient (Wildman–Crippen LogP) is 1.18. The Kier molecular flexibility index (Phi) is 5.01. The average molecular weight is 387 g/mol. The Labute approximate surface area is 161 Å².